The molecule has 1 aliphatic carbocycles. The van der Waals surface area contributed by atoms with Crippen molar-refractivity contribution >= 4 is 10.0 Å². The van der Waals surface area contributed by atoms with Gasteiger partial charge in [0.2, 0.25) is 10.0 Å². The molecule has 0 aromatic rings. The van der Waals surface area contributed by atoms with E-state index in [1.54, 1.807) is 0 Å². The van der Waals surface area contributed by atoms with Crippen molar-refractivity contribution in [2.45, 2.75) is 50.7 Å². The molecule has 1 rings (SSSR count). The molecule has 0 amide bonds. The van der Waals surface area contributed by atoms with Crippen molar-refractivity contribution in [1.29, 1.82) is 0 Å². The first-order chi connectivity index (χ1) is 7.56. The van der Waals surface area contributed by atoms with Gasteiger partial charge < -0.3 is 5.11 Å². The van der Waals surface area contributed by atoms with Gasteiger partial charge >= 0.3 is 0 Å². The summed E-state index contributed by atoms with van der Waals surface area (Å²) >= 11 is 0. The minimum absolute atomic E-state index is 0.117. The van der Waals surface area contributed by atoms with Crippen LogP contribution in [-0.4, -0.2) is 31.9 Å². The minimum Gasteiger partial charge on any atom is -0.396 e. The highest BCUT2D eigenvalue weighted by atomic mass is 32.2. The molecular formula is C11H23NO3S. The number of nitrogens with one attached hydrogen (secondary N) is 1. The molecule has 0 spiro atoms. The molecule has 0 aliphatic heterocycles. The van der Waals surface area contributed by atoms with Crippen LogP contribution < -0.4 is 4.72 Å². The van der Waals surface area contributed by atoms with Crippen molar-refractivity contribution in [3.05, 3.63) is 0 Å². The topological polar surface area (TPSA) is 66.4 Å². The second kappa shape index (κ2) is 6.57. The quantitative estimate of drug-likeness (QED) is 0.744. The van der Waals surface area contributed by atoms with Gasteiger partial charge in [-0.2, -0.15) is 0 Å². The molecular weight excluding hydrogens is 226 g/mol. The Kier molecular flexibility index (Phi) is 5.72. The average molecular weight is 249 g/mol. The van der Waals surface area contributed by atoms with Gasteiger partial charge in [-0.15, -0.1) is 0 Å². The molecule has 1 saturated carbocycles. The SMILES string of the molecule is CC(CCO)CNS(=O)(=O)C1CCCCC1. The van der Waals surface area contributed by atoms with E-state index >= 15 is 0 Å². The first-order valence-electron chi connectivity index (χ1n) is 6.15. The molecule has 16 heavy (non-hydrogen) atoms. The van der Waals surface area contributed by atoms with Gasteiger partial charge in [-0.3, -0.25) is 0 Å². The predicted molar refractivity (Wildman–Crippen MR) is 64.7 cm³/mol. The smallest absolute Gasteiger partial charge is 0.214 e. The Labute approximate surface area is 98.5 Å². The van der Waals surface area contributed by atoms with Crippen LogP contribution in [0, 0.1) is 5.92 Å². The van der Waals surface area contributed by atoms with Gasteiger partial charge in [-0.05, 0) is 25.2 Å². The first-order valence-corrected chi connectivity index (χ1v) is 7.70. The zero-order valence-corrected chi connectivity index (χ0v) is 10.8. The van der Waals surface area contributed by atoms with Crippen molar-refractivity contribution in [1.82, 2.24) is 4.72 Å². The highest BCUT2D eigenvalue weighted by Gasteiger charge is 2.26. The maximum absolute atomic E-state index is 11.9. The molecule has 0 heterocycles. The van der Waals surface area contributed by atoms with E-state index in [2.05, 4.69) is 4.72 Å². The van der Waals surface area contributed by atoms with Crippen molar-refractivity contribution < 1.29 is 13.5 Å². The minimum atomic E-state index is -3.13. The molecule has 96 valence electrons. The Morgan fingerprint density at radius 1 is 1.31 bits per heavy atom. The lowest BCUT2D eigenvalue weighted by Gasteiger charge is -2.22. The molecule has 0 aromatic carbocycles. The van der Waals surface area contributed by atoms with Crippen LogP contribution in [0.1, 0.15) is 45.4 Å². The molecule has 0 aromatic heterocycles. The highest BCUT2D eigenvalue weighted by Crippen LogP contribution is 2.23. The van der Waals surface area contributed by atoms with Gasteiger partial charge in [0.25, 0.3) is 0 Å². The van der Waals surface area contributed by atoms with Crippen molar-refractivity contribution in [2.75, 3.05) is 13.2 Å². The third-order valence-corrected chi connectivity index (χ3v) is 5.16. The van der Waals surface area contributed by atoms with E-state index in [9.17, 15) is 8.42 Å². The Bertz CT molecular complexity index is 284. The number of sulfonamides is 1. The fraction of sp³-hybridized carbons (Fsp3) is 1.00. The molecule has 2 N–H and O–H groups in total. The zero-order chi connectivity index (χ0) is 12.0. The van der Waals surface area contributed by atoms with Gasteiger partial charge in [0.1, 0.15) is 0 Å². The lowest BCUT2D eigenvalue weighted by molar-refractivity contribution is 0.262. The first kappa shape index (κ1) is 13.9. The van der Waals surface area contributed by atoms with Crippen LogP contribution in [0.2, 0.25) is 0 Å². The van der Waals surface area contributed by atoms with Crippen LogP contribution >= 0.6 is 0 Å². The Hall–Kier alpha value is -0.130. The van der Waals surface area contributed by atoms with E-state index in [-0.39, 0.29) is 17.8 Å². The fourth-order valence-corrected chi connectivity index (χ4v) is 3.78. The third-order valence-electron chi connectivity index (χ3n) is 3.25. The summed E-state index contributed by atoms with van der Waals surface area (Å²) in [6, 6.07) is 0. The van der Waals surface area contributed by atoms with E-state index in [1.165, 1.54) is 0 Å². The molecule has 0 saturated heterocycles. The van der Waals surface area contributed by atoms with Crippen LogP contribution in [0.4, 0.5) is 0 Å². The molecule has 1 atom stereocenters. The third kappa shape index (κ3) is 4.39. The van der Waals surface area contributed by atoms with E-state index in [0.717, 1.165) is 32.1 Å². The molecule has 1 unspecified atom stereocenters. The molecule has 1 aliphatic rings. The monoisotopic (exact) mass is 249 g/mol. The molecule has 5 heteroatoms. The number of aliphatic hydroxyl groups excluding tert-OH is 1. The maximum Gasteiger partial charge on any atom is 0.214 e. The van der Waals surface area contributed by atoms with Gasteiger partial charge in [-0.1, -0.05) is 26.2 Å². The standard InChI is InChI=1S/C11H23NO3S/c1-10(7-8-13)9-12-16(14,15)11-5-3-2-4-6-11/h10-13H,2-9H2,1H3. The van der Waals surface area contributed by atoms with Crippen molar-refractivity contribution in [3.63, 3.8) is 0 Å². The maximum atomic E-state index is 11.9. The summed E-state index contributed by atoms with van der Waals surface area (Å²) in [6.07, 6.45) is 5.45. The van der Waals surface area contributed by atoms with E-state index in [0.29, 0.717) is 13.0 Å². The van der Waals surface area contributed by atoms with E-state index in [1.807, 2.05) is 6.92 Å². The largest absolute Gasteiger partial charge is 0.396 e. The summed E-state index contributed by atoms with van der Waals surface area (Å²) < 4.78 is 26.5. The second-order valence-electron chi connectivity index (χ2n) is 4.77. The van der Waals surface area contributed by atoms with Crippen molar-refractivity contribution in [3.8, 4) is 0 Å². The van der Waals surface area contributed by atoms with Gasteiger partial charge in [-0.25, -0.2) is 13.1 Å². The average Bonchev–Trinajstić information content (AvgIpc) is 2.28. The summed E-state index contributed by atoms with van der Waals surface area (Å²) in [7, 11) is -3.13. The Morgan fingerprint density at radius 2 is 1.94 bits per heavy atom. The lowest BCUT2D eigenvalue weighted by Crippen LogP contribution is -2.37. The molecule has 0 bridgehead atoms. The van der Waals surface area contributed by atoms with Crippen LogP contribution in [-0.2, 0) is 10.0 Å². The van der Waals surface area contributed by atoms with Crippen LogP contribution in [0.25, 0.3) is 0 Å². The van der Waals surface area contributed by atoms with Crippen molar-refractivity contribution in [2.24, 2.45) is 5.92 Å². The zero-order valence-electron chi connectivity index (χ0n) is 9.98. The van der Waals surface area contributed by atoms with Gasteiger partial charge in [0.05, 0.1) is 5.25 Å². The number of hydrogen-bond acceptors (Lipinski definition) is 3. The van der Waals surface area contributed by atoms with Crippen LogP contribution in [0.3, 0.4) is 0 Å². The van der Waals surface area contributed by atoms with Gasteiger partial charge in [0, 0.05) is 13.2 Å². The molecule has 1 fully saturated rings. The summed E-state index contributed by atoms with van der Waals surface area (Å²) in [5.74, 6) is 0.198. The molecule has 4 nitrogen and oxygen atoms in total. The predicted octanol–water partition coefficient (Wildman–Crippen LogP) is 1.26. The number of aliphatic hydroxyl groups is 1. The highest BCUT2D eigenvalue weighted by molar-refractivity contribution is 7.90. The Balaban J connectivity index is 2.38. The number of hydrogen-bond donors (Lipinski definition) is 2. The van der Waals surface area contributed by atoms with Gasteiger partial charge in [0.15, 0.2) is 0 Å². The fourth-order valence-electron chi connectivity index (χ4n) is 2.07. The summed E-state index contributed by atoms with van der Waals surface area (Å²) in [6.45, 7) is 2.51. The normalized spacial score (nSPS) is 20.9. The Morgan fingerprint density at radius 3 is 2.50 bits per heavy atom. The molecule has 0 radical (unpaired) electrons. The summed E-state index contributed by atoms with van der Waals surface area (Å²) in [5, 5.41) is 8.55. The van der Waals surface area contributed by atoms with Crippen LogP contribution in [0.15, 0.2) is 0 Å². The van der Waals surface area contributed by atoms with E-state index in [4.69, 9.17) is 5.11 Å². The number of rotatable bonds is 6. The lowest BCUT2D eigenvalue weighted by atomic mass is 10.0. The summed E-state index contributed by atoms with van der Waals surface area (Å²) in [5.41, 5.74) is 0. The van der Waals surface area contributed by atoms with E-state index < -0.39 is 10.0 Å². The summed E-state index contributed by atoms with van der Waals surface area (Å²) in [4.78, 5) is 0. The second-order valence-corrected chi connectivity index (χ2v) is 6.82. The van der Waals surface area contributed by atoms with Crippen LogP contribution in [0.5, 0.6) is 0 Å².